The number of carbonyl (C=O) groups excluding carboxylic acids is 1. The Morgan fingerprint density at radius 2 is 2.00 bits per heavy atom. The van der Waals surface area contributed by atoms with Crippen molar-refractivity contribution in [1.82, 2.24) is 10.2 Å². The Kier molecular flexibility index (Phi) is 4.26. The summed E-state index contributed by atoms with van der Waals surface area (Å²) in [6.45, 7) is 1.42. The maximum Gasteiger partial charge on any atom is 0.240 e. The van der Waals surface area contributed by atoms with Gasteiger partial charge in [0.25, 0.3) is 0 Å². The van der Waals surface area contributed by atoms with E-state index in [2.05, 4.69) is 5.32 Å². The van der Waals surface area contributed by atoms with Gasteiger partial charge in [-0.25, -0.2) is 0 Å². The highest BCUT2D eigenvalue weighted by molar-refractivity contribution is 7.99. The highest BCUT2D eigenvalue weighted by Gasteiger charge is 2.30. The molecule has 0 unspecified atom stereocenters. The molecular formula is C15H20N2O3S. The van der Waals surface area contributed by atoms with E-state index in [0.29, 0.717) is 6.54 Å². The summed E-state index contributed by atoms with van der Waals surface area (Å²) in [5, 5.41) is 3.25. The van der Waals surface area contributed by atoms with Crippen LogP contribution in [0.4, 0.5) is 0 Å². The third-order valence-corrected chi connectivity index (χ3v) is 4.98. The fraction of sp³-hybridized carbons (Fsp3) is 0.533. The van der Waals surface area contributed by atoms with Crippen molar-refractivity contribution in [2.75, 3.05) is 32.4 Å². The molecule has 0 aromatic heterocycles. The van der Waals surface area contributed by atoms with Gasteiger partial charge in [-0.3, -0.25) is 10.1 Å². The van der Waals surface area contributed by atoms with Crippen molar-refractivity contribution in [1.29, 1.82) is 0 Å². The molecule has 0 spiro atoms. The smallest absolute Gasteiger partial charge is 0.240 e. The average Bonchev–Trinajstić information content (AvgIpc) is 3.06. The van der Waals surface area contributed by atoms with Gasteiger partial charge in [0.2, 0.25) is 5.91 Å². The molecule has 21 heavy (non-hydrogen) atoms. The minimum atomic E-state index is -0.0308. The molecule has 1 saturated heterocycles. The Morgan fingerprint density at radius 3 is 2.62 bits per heavy atom. The Morgan fingerprint density at radius 1 is 1.29 bits per heavy atom. The van der Waals surface area contributed by atoms with Crippen LogP contribution in [-0.4, -0.2) is 49.2 Å². The number of amides is 1. The van der Waals surface area contributed by atoms with Crippen LogP contribution in [0, 0.1) is 0 Å². The molecule has 2 aliphatic heterocycles. The summed E-state index contributed by atoms with van der Waals surface area (Å²) >= 11 is 1.78. The zero-order valence-electron chi connectivity index (χ0n) is 12.3. The summed E-state index contributed by atoms with van der Waals surface area (Å²) in [5.74, 6) is 3.42. The topological polar surface area (TPSA) is 50.8 Å². The van der Waals surface area contributed by atoms with E-state index < -0.39 is 0 Å². The van der Waals surface area contributed by atoms with Gasteiger partial charge in [-0.05, 0) is 29.7 Å². The Balaban J connectivity index is 1.79. The van der Waals surface area contributed by atoms with Crippen molar-refractivity contribution in [3.05, 3.63) is 23.3 Å². The molecule has 0 aliphatic carbocycles. The van der Waals surface area contributed by atoms with Crippen molar-refractivity contribution >= 4 is 17.7 Å². The van der Waals surface area contributed by atoms with Gasteiger partial charge in [0.15, 0.2) is 11.5 Å². The number of benzene rings is 1. The van der Waals surface area contributed by atoms with Gasteiger partial charge in [-0.15, -0.1) is 11.8 Å². The van der Waals surface area contributed by atoms with Gasteiger partial charge >= 0.3 is 0 Å². The molecule has 2 aliphatic rings. The van der Waals surface area contributed by atoms with Crippen LogP contribution in [0.5, 0.6) is 11.5 Å². The Bertz CT molecular complexity index is 544. The predicted octanol–water partition coefficient (Wildman–Crippen LogP) is 1.25. The lowest BCUT2D eigenvalue weighted by molar-refractivity contribution is -0.133. The number of nitrogens with one attached hydrogen (secondary N) is 1. The van der Waals surface area contributed by atoms with E-state index >= 15 is 0 Å². The van der Waals surface area contributed by atoms with Crippen molar-refractivity contribution < 1.29 is 14.3 Å². The molecule has 0 saturated carbocycles. The number of nitrogens with zero attached hydrogens (tertiary/aromatic N) is 1. The normalized spacial score (nSPS) is 21.0. The molecule has 114 valence electrons. The first kappa shape index (κ1) is 14.5. The van der Waals surface area contributed by atoms with Crippen molar-refractivity contribution in [3.8, 4) is 11.5 Å². The second-order valence-corrected chi connectivity index (χ2v) is 6.29. The SMILES string of the molecule is COc1cc2c(cc1OC)CN(C(=O)[C@@H]1CSCN1)CC2. The predicted molar refractivity (Wildman–Crippen MR) is 82.9 cm³/mol. The zero-order valence-corrected chi connectivity index (χ0v) is 13.2. The van der Waals surface area contributed by atoms with Crippen molar-refractivity contribution in [2.24, 2.45) is 0 Å². The van der Waals surface area contributed by atoms with Gasteiger partial charge in [0.05, 0.1) is 20.3 Å². The second kappa shape index (κ2) is 6.15. The fourth-order valence-electron chi connectivity index (χ4n) is 2.85. The van der Waals surface area contributed by atoms with Crippen LogP contribution >= 0.6 is 11.8 Å². The first-order valence-corrected chi connectivity index (χ1v) is 8.22. The standard InChI is InChI=1S/C15H20N2O3S/c1-19-13-5-10-3-4-17(7-11(10)6-14(13)20-2)15(18)12-8-21-9-16-12/h5-6,12,16H,3-4,7-9H2,1-2H3/t12-/m0/s1. The van der Waals surface area contributed by atoms with E-state index in [0.717, 1.165) is 41.7 Å². The molecule has 1 aromatic rings. The number of methoxy groups -OCH3 is 2. The minimum absolute atomic E-state index is 0.0308. The summed E-state index contributed by atoms with van der Waals surface area (Å²) in [6.07, 6.45) is 0.862. The van der Waals surface area contributed by atoms with Crippen LogP contribution in [0.15, 0.2) is 12.1 Å². The Hall–Kier alpha value is -1.40. The van der Waals surface area contributed by atoms with Crippen molar-refractivity contribution in [3.63, 3.8) is 0 Å². The van der Waals surface area contributed by atoms with Crippen LogP contribution < -0.4 is 14.8 Å². The molecule has 1 amide bonds. The lowest BCUT2D eigenvalue weighted by atomic mass is 9.98. The number of hydrogen-bond donors (Lipinski definition) is 1. The van der Waals surface area contributed by atoms with Gasteiger partial charge in [0, 0.05) is 24.7 Å². The van der Waals surface area contributed by atoms with E-state index in [1.807, 2.05) is 17.0 Å². The van der Waals surface area contributed by atoms with E-state index in [9.17, 15) is 4.79 Å². The molecule has 6 heteroatoms. The summed E-state index contributed by atoms with van der Waals surface area (Å²) in [7, 11) is 3.28. The summed E-state index contributed by atoms with van der Waals surface area (Å²) in [4.78, 5) is 14.4. The summed E-state index contributed by atoms with van der Waals surface area (Å²) in [6, 6.07) is 3.99. The highest BCUT2D eigenvalue weighted by Crippen LogP contribution is 2.33. The largest absolute Gasteiger partial charge is 0.493 e. The van der Waals surface area contributed by atoms with E-state index in [1.54, 1.807) is 26.0 Å². The highest BCUT2D eigenvalue weighted by atomic mass is 32.2. The van der Waals surface area contributed by atoms with E-state index in [-0.39, 0.29) is 11.9 Å². The monoisotopic (exact) mass is 308 g/mol. The summed E-state index contributed by atoms with van der Waals surface area (Å²) < 4.78 is 10.7. The first-order valence-electron chi connectivity index (χ1n) is 7.06. The lowest BCUT2D eigenvalue weighted by Gasteiger charge is -2.31. The molecule has 0 bridgehead atoms. The lowest BCUT2D eigenvalue weighted by Crippen LogP contribution is -2.46. The molecule has 5 nitrogen and oxygen atoms in total. The van der Waals surface area contributed by atoms with Crippen LogP contribution in [0.25, 0.3) is 0 Å². The third-order valence-electron chi connectivity index (χ3n) is 4.04. The number of hydrogen-bond acceptors (Lipinski definition) is 5. The van der Waals surface area contributed by atoms with E-state index in [4.69, 9.17) is 9.47 Å². The van der Waals surface area contributed by atoms with Crippen LogP contribution in [0.3, 0.4) is 0 Å². The molecule has 1 N–H and O–H groups in total. The van der Waals surface area contributed by atoms with E-state index in [1.165, 1.54) is 5.56 Å². The van der Waals surface area contributed by atoms with Gasteiger partial charge < -0.3 is 14.4 Å². The number of fused-ring (bicyclic) bond motifs is 1. The average molecular weight is 308 g/mol. The third kappa shape index (κ3) is 2.82. The van der Waals surface area contributed by atoms with Crippen LogP contribution in [0.2, 0.25) is 0 Å². The van der Waals surface area contributed by atoms with Gasteiger partial charge in [0.1, 0.15) is 0 Å². The Labute approximate surface area is 129 Å². The maximum atomic E-state index is 12.5. The number of carbonyl (C=O) groups is 1. The van der Waals surface area contributed by atoms with Crippen LogP contribution in [0.1, 0.15) is 11.1 Å². The second-order valence-electron chi connectivity index (χ2n) is 5.26. The number of ether oxygens (including phenoxy) is 2. The minimum Gasteiger partial charge on any atom is -0.493 e. The molecule has 1 aromatic carbocycles. The van der Waals surface area contributed by atoms with Crippen LogP contribution in [-0.2, 0) is 17.8 Å². The molecule has 1 fully saturated rings. The summed E-state index contributed by atoms with van der Waals surface area (Å²) in [5.41, 5.74) is 2.39. The number of rotatable bonds is 3. The van der Waals surface area contributed by atoms with Gasteiger partial charge in [-0.1, -0.05) is 0 Å². The molecule has 3 rings (SSSR count). The maximum absolute atomic E-state index is 12.5. The fourth-order valence-corrected chi connectivity index (χ4v) is 3.78. The molecule has 1 atom stereocenters. The quantitative estimate of drug-likeness (QED) is 0.911. The first-order chi connectivity index (χ1) is 10.2. The zero-order chi connectivity index (χ0) is 14.8. The molecular weight excluding hydrogens is 288 g/mol. The van der Waals surface area contributed by atoms with Crippen molar-refractivity contribution in [2.45, 2.75) is 19.0 Å². The number of thioether (sulfide) groups is 1. The molecule has 0 radical (unpaired) electrons. The van der Waals surface area contributed by atoms with Gasteiger partial charge in [-0.2, -0.15) is 0 Å². The molecule has 2 heterocycles.